The number of hydrogen-bond donors (Lipinski definition) is 2. The van der Waals surface area contributed by atoms with Crippen LogP contribution in [0.5, 0.6) is 5.75 Å². The predicted octanol–water partition coefficient (Wildman–Crippen LogP) is 5.80. The maximum absolute atomic E-state index is 9.89. The summed E-state index contributed by atoms with van der Waals surface area (Å²) in [7, 11) is 0. The zero-order valence-electron chi connectivity index (χ0n) is 14.1. The Hall–Kier alpha value is -1.51. The quantitative estimate of drug-likeness (QED) is 0.235. The Morgan fingerprint density at radius 3 is 2.14 bits per heavy atom. The van der Waals surface area contributed by atoms with Crippen molar-refractivity contribution >= 4 is 5.71 Å². The average molecular weight is 305 g/mol. The Morgan fingerprint density at radius 1 is 0.955 bits per heavy atom. The van der Waals surface area contributed by atoms with Crippen molar-refractivity contribution in [3.8, 4) is 5.75 Å². The number of hydrogen-bond acceptors (Lipinski definition) is 3. The van der Waals surface area contributed by atoms with E-state index in [-0.39, 0.29) is 5.75 Å². The third kappa shape index (κ3) is 6.97. The van der Waals surface area contributed by atoms with Crippen molar-refractivity contribution in [3.63, 3.8) is 0 Å². The summed E-state index contributed by atoms with van der Waals surface area (Å²) < 4.78 is 0. The second-order valence-corrected chi connectivity index (χ2v) is 6.15. The van der Waals surface area contributed by atoms with Gasteiger partial charge in [0.2, 0.25) is 0 Å². The van der Waals surface area contributed by atoms with Gasteiger partial charge in [-0.1, -0.05) is 75.1 Å². The molecule has 0 saturated carbocycles. The van der Waals surface area contributed by atoms with E-state index >= 15 is 0 Å². The molecule has 0 aliphatic carbocycles. The molecule has 124 valence electrons. The normalized spacial score (nSPS) is 11.8. The molecule has 0 atom stereocenters. The van der Waals surface area contributed by atoms with Crippen LogP contribution < -0.4 is 0 Å². The van der Waals surface area contributed by atoms with E-state index < -0.39 is 0 Å². The number of aryl methyl sites for hydroxylation is 1. The number of unbranched alkanes of at least 4 members (excludes halogenated alkanes) is 8. The third-order valence-electron chi connectivity index (χ3n) is 4.10. The fraction of sp³-hybridized carbons (Fsp3) is 0.632. The average Bonchev–Trinajstić information content (AvgIpc) is 2.52. The van der Waals surface area contributed by atoms with Gasteiger partial charge in [0.25, 0.3) is 0 Å². The van der Waals surface area contributed by atoms with Crippen LogP contribution in [0, 0.1) is 6.92 Å². The molecule has 0 amide bonds. The van der Waals surface area contributed by atoms with E-state index in [0.29, 0.717) is 17.7 Å². The molecule has 0 aromatic heterocycles. The van der Waals surface area contributed by atoms with Gasteiger partial charge in [-0.05, 0) is 31.9 Å². The Bertz CT molecular complexity index is 455. The molecule has 0 heterocycles. The summed E-state index contributed by atoms with van der Waals surface area (Å²) in [4.78, 5) is 0. The number of phenolic OH excluding ortho intramolecular Hbond substituents is 1. The second-order valence-electron chi connectivity index (χ2n) is 6.15. The van der Waals surface area contributed by atoms with E-state index in [0.717, 1.165) is 18.4 Å². The number of benzene rings is 1. The number of aromatic hydroxyl groups is 1. The highest BCUT2D eigenvalue weighted by Crippen LogP contribution is 2.22. The molecule has 1 rings (SSSR count). The van der Waals surface area contributed by atoms with Crippen LogP contribution in [0.25, 0.3) is 0 Å². The summed E-state index contributed by atoms with van der Waals surface area (Å²) in [6, 6.07) is 5.39. The minimum atomic E-state index is 0.189. The molecular formula is C19H31NO2. The van der Waals surface area contributed by atoms with Gasteiger partial charge in [-0.3, -0.25) is 0 Å². The molecule has 0 fully saturated rings. The highest BCUT2D eigenvalue weighted by molar-refractivity contribution is 6.02. The topological polar surface area (TPSA) is 52.8 Å². The maximum atomic E-state index is 9.89. The summed E-state index contributed by atoms with van der Waals surface area (Å²) in [5.74, 6) is 0.189. The first kappa shape index (κ1) is 18.5. The number of phenols is 1. The van der Waals surface area contributed by atoms with Gasteiger partial charge in [0.15, 0.2) is 0 Å². The van der Waals surface area contributed by atoms with Crippen molar-refractivity contribution in [2.45, 2.75) is 78.1 Å². The molecule has 0 saturated heterocycles. The first-order valence-corrected chi connectivity index (χ1v) is 8.70. The van der Waals surface area contributed by atoms with Gasteiger partial charge in [0.05, 0.1) is 5.71 Å². The molecule has 2 N–H and O–H groups in total. The van der Waals surface area contributed by atoms with Crippen LogP contribution in [0.2, 0.25) is 0 Å². The van der Waals surface area contributed by atoms with Crippen molar-refractivity contribution in [3.05, 3.63) is 29.3 Å². The van der Waals surface area contributed by atoms with Crippen LogP contribution >= 0.6 is 0 Å². The SMILES string of the molecule is CCCCCCCCCCC/C(=N\O)c1cc(C)ccc1O. The van der Waals surface area contributed by atoms with Crippen molar-refractivity contribution in [1.82, 2.24) is 0 Å². The molecule has 0 spiro atoms. The Kier molecular flexibility index (Phi) is 9.36. The molecule has 22 heavy (non-hydrogen) atoms. The lowest BCUT2D eigenvalue weighted by atomic mass is 10.00. The smallest absolute Gasteiger partial charge is 0.124 e. The molecule has 0 radical (unpaired) electrons. The monoisotopic (exact) mass is 305 g/mol. The fourth-order valence-electron chi connectivity index (χ4n) is 2.72. The molecule has 0 bridgehead atoms. The molecule has 3 heteroatoms. The lowest BCUT2D eigenvalue weighted by Crippen LogP contribution is -2.02. The molecule has 3 nitrogen and oxygen atoms in total. The van der Waals surface area contributed by atoms with E-state index in [1.54, 1.807) is 6.07 Å². The van der Waals surface area contributed by atoms with E-state index in [2.05, 4.69) is 12.1 Å². The van der Waals surface area contributed by atoms with Crippen molar-refractivity contribution in [2.75, 3.05) is 0 Å². The van der Waals surface area contributed by atoms with Crippen LogP contribution in [-0.2, 0) is 0 Å². The van der Waals surface area contributed by atoms with Gasteiger partial charge in [-0.2, -0.15) is 0 Å². The van der Waals surface area contributed by atoms with Gasteiger partial charge in [0.1, 0.15) is 5.75 Å². The van der Waals surface area contributed by atoms with Gasteiger partial charge >= 0.3 is 0 Å². The summed E-state index contributed by atoms with van der Waals surface area (Å²) >= 11 is 0. The zero-order chi connectivity index (χ0) is 16.2. The minimum absolute atomic E-state index is 0.189. The van der Waals surface area contributed by atoms with Crippen molar-refractivity contribution in [2.24, 2.45) is 5.16 Å². The Morgan fingerprint density at radius 2 is 1.55 bits per heavy atom. The maximum Gasteiger partial charge on any atom is 0.124 e. The highest BCUT2D eigenvalue weighted by atomic mass is 16.4. The second kappa shape index (κ2) is 11.1. The van der Waals surface area contributed by atoms with Crippen molar-refractivity contribution < 1.29 is 10.3 Å². The molecule has 1 aromatic rings. The molecule has 0 unspecified atom stereocenters. The van der Waals surface area contributed by atoms with Gasteiger partial charge in [0, 0.05) is 5.56 Å². The fourth-order valence-corrected chi connectivity index (χ4v) is 2.72. The van der Waals surface area contributed by atoms with Crippen LogP contribution in [0.15, 0.2) is 23.4 Å². The van der Waals surface area contributed by atoms with Crippen LogP contribution in [0.1, 0.15) is 82.3 Å². The Balaban J connectivity index is 2.24. The summed E-state index contributed by atoms with van der Waals surface area (Å²) in [5.41, 5.74) is 2.30. The van der Waals surface area contributed by atoms with Crippen LogP contribution in [-0.4, -0.2) is 16.0 Å². The standard InChI is InChI=1S/C19H31NO2/c1-3-4-5-6-7-8-9-10-11-12-18(20-22)17-15-16(2)13-14-19(17)21/h13-15,21-22H,3-12H2,1-2H3/b20-18+. The molecule has 1 aromatic carbocycles. The Labute approximate surface area is 135 Å². The van der Waals surface area contributed by atoms with E-state index in [9.17, 15) is 10.3 Å². The molecule has 0 aliphatic heterocycles. The molecular weight excluding hydrogens is 274 g/mol. The first-order chi connectivity index (χ1) is 10.7. The highest BCUT2D eigenvalue weighted by Gasteiger charge is 2.09. The predicted molar refractivity (Wildman–Crippen MR) is 93.0 cm³/mol. The lowest BCUT2D eigenvalue weighted by molar-refractivity contribution is 0.317. The van der Waals surface area contributed by atoms with Crippen molar-refractivity contribution in [1.29, 1.82) is 0 Å². The summed E-state index contributed by atoms with van der Waals surface area (Å²) in [6.07, 6.45) is 12.1. The number of oxime groups is 1. The summed E-state index contributed by atoms with van der Waals surface area (Å²) in [5, 5.41) is 22.5. The van der Waals surface area contributed by atoms with Gasteiger partial charge < -0.3 is 10.3 Å². The summed E-state index contributed by atoms with van der Waals surface area (Å²) in [6.45, 7) is 4.21. The van der Waals surface area contributed by atoms with E-state index in [1.807, 2.05) is 19.1 Å². The lowest BCUT2D eigenvalue weighted by Gasteiger charge is -2.08. The number of nitrogens with zero attached hydrogens (tertiary/aromatic N) is 1. The largest absolute Gasteiger partial charge is 0.507 e. The molecule has 0 aliphatic rings. The first-order valence-electron chi connectivity index (χ1n) is 8.70. The van der Waals surface area contributed by atoms with Gasteiger partial charge in [-0.15, -0.1) is 0 Å². The van der Waals surface area contributed by atoms with Crippen LogP contribution in [0.3, 0.4) is 0 Å². The van der Waals surface area contributed by atoms with Gasteiger partial charge in [-0.25, -0.2) is 0 Å². The number of rotatable bonds is 11. The minimum Gasteiger partial charge on any atom is -0.507 e. The third-order valence-corrected chi connectivity index (χ3v) is 4.10. The van der Waals surface area contributed by atoms with Crippen LogP contribution in [0.4, 0.5) is 0 Å². The van der Waals surface area contributed by atoms with E-state index in [4.69, 9.17) is 0 Å². The van der Waals surface area contributed by atoms with E-state index in [1.165, 1.54) is 44.9 Å². The zero-order valence-corrected chi connectivity index (χ0v) is 14.1.